The quantitative estimate of drug-likeness (QED) is 0.647. The predicted molar refractivity (Wildman–Crippen MR) is 50.2 cm³/mol. The molecule has 0 amide bonds. The maximum Gasteiger partial charge on any atom is 0.261 e. The number of alkyl halides is 4. The summed E-state index contributed by atoms with van der Waals surface area (Å²) in [4.78, 5) is 22.4. The molecule has 4 rings (SSSR count). The molecule has 112 valence electrons. The van der Waals surface area contributed by atoms with E-state index in [0.717, 1.165) is 0 Å². The number of halogens is 4. The molecule has 0 unspecified atom stereocenters. The van der Waals surface area contributed by atoms with Crippen molar-refractivity contribution in [2.24, 2.45) is 22.7 Å². The third-order valence-electron chi connectivity index (χ3n) is 5.45. The molecule has 4 atom stereocenters. The maximum atomic E-state index is 14.2. The van der Waals surface area contributed by atoms with Gasteiger partial charge in [-0.15, -0.1) is 0 Å². The molecule has 0 heterocycles. The fourth-order valence-corrected chi connectivity index (χ4v) is 4.44. The van der Waals surface area contributed by atoms with Gasteiger partial charge in [-0.2, -0.15) is 0 Å². The molecule has 8 heteroatoms. The van der Waals surface area contributed by atoms with Crippen LogP contribution in [0.15, 0.2) is 0 Å². The minimum Gasteiger partial charge on any atom is -0.549 e. The molecule has 20 heavy (non-hydrogen) atoms. The molecule has 0 N–H and O–H groups in total. The van der Waals surface area contributed by atoms with E-state index >= 15 is 0 Å². The van der Waals surface area contributed by atoms with Gasteiger partial charge in [-0.05, 0) is 25.7 Å². The molecule has 4 saturated carbocycles. The third kappa shape index (κ3) is 1.11. The molecular weight excluding hydrogens is 284 g/mol. The fraction of sp³-hybridized carbons (Fsp3) is 0.833. The van der Waals surface area contributed by atoms with Gasteiger partial charge >= 0.3 is 0 Å². The van der Waals surface area contributed by atoms with E-state index in [2.05, 4.69) is 0 Å². The first-order chi connectivity index (χ1) is 9.01. The van der Waals surface area contributed by atoms with Gasteiger partial charge in [0.05, 0.1) is 22.8 Å². The van der Waals surface area contributed by atoms with E-state index in [-0.39, 0.29) is 0 Å². The normalized spacial score (nSPS) is 47.2. The molecule has 0 saturated heterocycles. The van der Waals surface area contributed by atoms with Crippen molar-refractivity contribution in [3.05, 3.63) is 0 Å². The Kier molecular flexibility index (Phi) is 2.24. The molecule has 4 aliphatic carbocycles. The van der Waals surface area contributed by atoms with Crippen molar-refractivity contribution in [1.29, 1.82) is 0 Å². The Bertz CT molecular complexity index is 476. The molecule has 0 aromatic carbocycles. The third-order valence-corrected chi connectivity index (χ3v) is 5.45. The van der Waals surface area contributed by atoms with Gasteiger partial charge in [0.25, 0.3) is 11.8 Å². The van der Waals surface area contributed by atoms with E-state index in [1.54, 1.807) is 0 Å². The monoisotopic (exact) mass is 294 g/mol. The van der Waals surface area contributed by atoms with Gasteiger partial charge in [-0.1, -0.05) is 0 Å². The van der Waals surface area contributed by atoms with Crippen LogP contribution in [0.2, 0.25) is 0 Å². The second-order valence-corrected chi connectivity index (χ2v) is 6.20. The average molecular weight is 294 g/mol. The number of hydrogen-bond acceptors (Lipinski definition) is 4. The highest BCUT2D eigenvalue weighted by Crippen LogP contribution is 2.74. The van der Waals surface area contributed by atoms with E-state index < -0.39 is 72.1 Å². The Labute approximate surface area is 110 Å². The van der Waals surface area contributed by atoms with Crippen molar-refractivity contribution >= 4 is 11.9 Å². The second kappa shape index (κ2) is 3.28. The number of carboxylic acid groups (broad SMARTS) is 2. The van der Waals surface area contributed by atoms with E-state index in [9.17, 15) is 37.4 Å². The summed E-state index contributed by atoms with van der Waals surface area (Å²) >= 11 is 0. The van der Waals surface area contributed by atoms with Crippen LogP contribution >= 0.6 is 0 Å². The van der Waals surface area contributed by atoms with Crippen LogP contribution in [-0.4, -0.2) is 23.8 Å². The zero-order valence-electron chi connectivity index (χ0n) is 10.1. The van der Waals surface area contributed by atoms with Gasteiger partial charge in [0.1, 0.15) is 0 Å². The average Bonchev–Trinajstić information content (AvgIpc) is 2.25. The highest BCUT2D eigenvalue weighted by Gasteiger charge is 2.80. The number of carbonyl (C=O) groups is 2. The van der Waals surface area contributed by atoms with Crippen molar-refractivity contribution < 1.29 is 37.4 Å². The Morgan fingerprint density at radius 1 is 0.850 bits per heavy atom. The molecule has 0 spiro atoms. The number of hydrogen-bond donors (Lipinski definition) is 0. The van der Waals surface area contributed by atoms with Gasteiger partial charge < -0.3 is 19.8 Å². The lowest BCUT2D eigenvalue weighted by Gasteiger charge is -2.67. The van der Waals surface area contributed by atoms with Crippen LogP contribution in [0.3, 0.4) is 0 Å². The first-order valence-corrected chi connectivity index (χ1v) is 6.20. The summed E-state index contributed by atoms with van der Waals surface area (Å²) in [7, 11) is 0. The Morgan fingerprint density at radius 2 is 1.20 bits per heavy atom. The van der Waals surface area contributed by atoms with Crippen LogP contribution in [0, 0.1) is 22.7 Å². The topological polar surface area (TPSA) is 80.3 Å². The first-order valence-electron chi connectivity index (χ1n) is 6.20. The predicted octanol–water partition coefficient (Wildman–Crippen LogP) is -0.437. The molecule has 0 aromatic rings. The number of carbonyl (C=O) groups excluding carboxylic acids is 2. The van der Waals surface area contributed by atoms with Gasteiger partial charge in [0, 0.05) is 11.8 Å². The largest absolute Gasteiger partial charge is 0.549 e. The van der Waals surface area contributed by atoms with E-state index in [1.807, 2.05) is 0 Å². The lowest BCUT2D eigenvalue weighted by atomic mass is 9.41. The van der Waals surface area contributed by atoms with Crippen molar-refractivity contribution in [1.82, 2.24) is 0 Å². The fourth-order valence-electron chi connectivity index (χ4n) is 4.44. The zero-order valence-corrected chi connectivity index (χ0v) is 10.1. The summed E-state index contributed by atoms with van der Waals surface area (Å²) in [6.45, 7) is 0. The van der Waals surface area contributed by atoms with Crippen molar-refractivity contribution in [2.45, 2.75) is 37.5 Å². The summed E-state index contributed by atoms with van der Waals surface area (Å²) in [6, 6.07) is 0. The molecule has 0 aliphatic heterocycles. The highest BCUT2D eigenvalue weighted by molar-refractivity contribution is 5.81. The first kappa shape index (κ1) is 13.6. The second-order valence-electron chi connectivity index (χ2n) is 6.20. The van der Waals surface area contributed by atoms with Gasteiger partial charge in [-0.3, -0.25) is 0 Å². The Hall–Kier alpha value is -1.34. The lowest BCUT2D eigenvalue weighted by Crippen LogP contribution is -2.77. The highest BCUT2D eigenvalue weighted by atomic mass is 19.3. The molecule has 4 aliphatic rings. The zero-order chi connectivity index (χ0) is 15.1. The summed E-state index contributed by atoms with van der Waals surface area (Å²) < 4.78 is 56.9. The molecule has 0 radical (unpaired) electrons. The summed E-state index contributed by atoms with van der Waals surface area (Å²) in [5, 5.41) is 22.4. The number of carboxylic acids is 2. The molecule has 4 fully saturated rings. The maximum absolute atomic E-state index is 14.2. The van der Waals surface area contributed by atoms with Crippen LogP contribution < -0.4 is 10.2 Å². The molecule has 0 aromatic heterocycles. The van der Waals surface area contributed by atoms with E-state index in [1.165, 1.54) is 0 Å². The SMILES string of the molecule is O=C([O-])[C@]12C[C@H]3C[C@H](C[C@@](C(=O)[O-])(C1)C3(F)F)C2(F)F. The smallest absolute Gasteiger partial charge is 0.261 e. The summed E-state index contributed by atoms with van der Waals surface area (Å²) in [5.41, 5.74) is -5.67. The standard InChI is InChI=1S/C12H12F4O4/c13-11(14)5-1-6-3-10(11,8(19)20)4-9(2-5,7(17)18)12(6,15)16/h5-6H,1-4H2,(H,17,18)(H,19,20)/p-2/t5-,6-,9+,10+/m1/s1. The minimum atomic E-state index is -3.74. The number of rotatable bonds is 2. The molecule has 4 nitrogen and oxygen atoms in total. The van der Waals surface area contributed by atoms with E-state index in [0.29, 0.717) is 0 Å². The van der Waals surface area contributed by atoms with Crippen LogP contribution in [0.25, 0.3) is 0 Å². The molecule has 4 bridgehead atoms. The van der Waals surface area contributed by atoms with Crippen molar-refractivity contribution in [3.8, 4) is 0 Å². The Morgan fingerprint density at radius 3 is 1.50 bits per heavy atom. The van der Waals surface area contributed by atoms with E-state index in [4.69, 9.17) is 0 Å². The van der Waals surface area contributed by atoms with Crippen molar-refractivity contribution in [2.75, 3.05) is 0 Å². The van der Waals surface area contributed by atoms with Crippen LogP contribution in [-0.2, 0) is 9.59 Å². The van der Waals surface area contributed by atoms with Crippen LogP contribution in [0.1, 0.15) is 25.7 Å². The number of aliphatic carboxylic acids is 2. The van der Waals surface area contributed by atoms with Crippen molar-refractivity contribution in [3.63, 3.8) is 0 Å². The van der Waals surface area contributed by atoms with Crippen LogP contribution in [0.5, 0.6) is 0 Å². The van der Waals surface area contributed by atoms with Gasteiger partial charge in [-0.25, -0.2) is 17.6 Å². The Balaban J connectivity index is 2.22. The lowest BCUT2D eigenvalue weighted by molar-refractivity contribution is -0.398. The minimum absolute atomic E-state index is 0.579. The van der Waals surface area contributed by atoms with Gasteiger partial charge in [0.15, 0.2) is 0 Å². The molecular formula is C12H10F4O4-2. The van der Waals surface area contributed by atoms with Crippen LogP contribution in [0.4, 0.5) is 17.6 Å². The van der Waals surface area contributed by atoms with Gasteiger partial charge in [0.2, 0.25) is 0 Å². The summed E-state index contributed by atoms with van der Waals surface area (Å²) in [5.74, 6) is -15.2. The summed E-state index contributed by atoms with van der Waals surface area (Å²) in [6.07, 6.45) is -3.83.